The highest BCUT2D eigenvalue weighted by Crippen LogP contribution is 2.43. The van der Waals surface area contributed by atoms with E-state index in [2.05, 4.69) is 35.5 Å². The molecule has 3 rings (SSSR count). The van der Waals surface area contributed by atoms with Gasteiger partial charge in [-0.15, -0.1) is 0 Å². The summed E-state index contributed by atoms with van der Waals surface area (Å²) in [4.78, 5) is 0. The molecule has 0 radical (unpaired) electrons. The third-order valence-corrected chi connectivity index (χ3v) is 3.38. The molecule has 0 aromatic heterocycles. The molecule has 0 heterocycles. The molecule has 76 valence electrons. The first-order chi connectivity index (χ1) is 7.42. The van der Waals surface area contributed by atoms with Crippen LogP contribution in [0.1, 0.15) is 12.8 Å². The van der Waals surface area contributed by atoms with E-state index in [9.17, 15) is 0 Å². The van der Waals surface area contributed by atoms with Gasteiger partial charge in [0.2, 0.25) is 0 Å². The lowest BCUT2D eigenvalue weighted by Gasteiger charge is -2.15. The Labute approximate surface area is 89.0 Å². The number of nitrogens with zero attached hydrogens (tertiary/aromatic N) is 1. The molecule has 2 atom stereocenters. The number of rotatable bonds is 0. The second-order valence-electron chi connectivity index (χ2n) is 4.16. The molecule has 0 aliphatic heterocycles. The molecule has 1 N–H and O–H groups in total. The average molecular weight is 199 g/mol. The fourth-order valence-electron chi connectivity index (χ4n) is 2.73. The third-order valence-electron chi connectivity index (χ3n) is 3.38. The van der Waals surface area contributed by atoms with Crippen LogP contribution in [0.3, 0.4) is 0 Å². The van der Waals surface area contributed by atoms with E-state index in [-0.39, 0.29) is 5.92 Å². The van der Waals surface area contributed by atoms with Crippen LogP contribution in [0.15, 0.2) is 52.8 Å². The Morgan fingerprint density at radius 2 is 1.80 bits per heavy atom. The van der Waals surface area contributed by atoms with Gasteiger partial charge in [-0.2, -0.15) is 0 Å². The summed E-state index contributed by atoms with van der Waals surface area (Å²) in [5.74, 6) is 0.642. The standard InChI is InChI=1S/C13H13NO/c15-14-13-11-7-3-1-5-9(11)10-6-2-4-8-12(10)13/h1,3,5-9,11,15H,2,4H2/b14-13+. The highest BCUT2D eigenvalue weighted by atomic mass is 16.4. The smallest absolute Gasteiger partial charge is 0.0945 e. The molecule has 0 amide bonds. The number of hydrogen-bond acceptors (Lipinski definition) is 2. The highest BCUT2D eigenvalue weighted by Gasteiger charge is 2.39. The second-order valence-corrected chi connectivity index (χ2v) is 4.16. The Kier molecular flexibility index (Phi) is 1.88. The van der Waals surface area contributed by atoms with Crippen molar-refractivity contribution >= 4 is 5.71 Å². The van der Waals surface area contributed by atoms with E-state index in [0.717, 1.165) is 24.1 Å². The van der Waals surface area contributed by atoms with Crippen molar-refractivity contribution in [3.63, 3.8) is 0 Å². The maximum Gasteiger partial charge on any atom is 0.0945 e. The first-order valence-electron chi connectivity index (χ1n) is 5.39. The maximum atomic E-state index is 9.11. The summed E-state index contributed by atoms with van der Waals surface area (Å²) in [7, 11) is 0. The van der Waals surface area contributed by atoms with Crippen LogP contribution in [-0.2, 0) is 0 Å². The van der Waals surface area contributed by atoms with Crippen LogP contribution >= 0.6 is 0 Å². The Morgan fingerprint density at radius 3 is 2.60 bits per heavy atom. The third kappa shape index (κ3) is 1.14. The lowest BCUT2D eigenvalue weighted by Crippen LogP contribution is -2.13. The van der Waals surface area contributed by atoms with Gasteiger partial charge in [-0.05, 0) is 24.0 Å². The fourth-order valence-corrected chi connectivity index (χ4v) is 2.73. The molecule has 2 unspecified atom stereocenters. The minimum absolute atomic E-state index is 0.246. The zero-order valence-electron chi connectivity index (χ0n) is 8.43. The van der Waals surface area contributed by atoms with Crippen LogP contribution in [0.4, 0.5) is 0 Å². The van der Waals surface area contributed by atoms with E-state index in [0.29, 0.717) is 5.92 Å². The van der Waals surface area contributed by atoms with Gasteiger partial charge >= 0.3 is 0 Å². The van der Waals surface area contributed by atoms with Gasteiger partial charge in [0.05, 0.1) is 5.71 Å². The lowest BCUT2D eigenvalue weighted by atomic mass is 9.88. The minimum atomic E-state index is 0.246. The Hall–Kier alpha value is -1.57. The predicted molar refractivity (Wildman–Crippen MR) is 59.9 cm³/mol. The highest BCUT2D eigenvalue weighted by molar-refractivity contribution is 6.10. The lowest BCUT2D eigenvalue weighted by molar-refractivity contribution is 0.316. The second kappa shape index (κ2) is 3.23. The van der Waals surface area contributed by atoms with E-state index in [4.69, 9.17) is 5.21 Å². The van der Waals surface area contributed by atoms with Gasteiger partial charge in [-0.3, -0.25) is 0 Å². The zero-order valence-corrected chi connectivity index (χ0v) is 8.43. The number of allylic oxidation sites excluding steroid dienone is 8. The molecule has 0 bridgehead atoms. The minimum Gasteiger partial charge on any atom is -0.411 e. The Morgan fingerprint density at radius 1 is 1.07 bits per heavy atom. The van der Waals surface area contributed by atoms with E-state index < -0.39 is 0 Å². The molecular weight excluding hydrogens is 186 g/mol. The number of fused-ring (bicyclic) bond motifs is 3. The van der Waals surface area contributed by atoms with Crippen molar-refractivity contribution in [1.82, 2.24) is 0 Å². The van der Waals surface area contributed by atoms with Crippen LogP contribution in [0.25, 0.3) is 0 Å². The molecule has 2 nitrogen and oxygen atoms in total. The number of hydrogen-bond donors (Lipinski definition) is 1. The van der Waals surface area contributed by atoms with Crippen molar-refractivity contribution in [2.45, 2.75) is 12.8 Å². The molecule has 0 saturated heterocycles. The van der Waals surface area contributed by atoms with Crippen LogP contribution in [0.2, 0.25) is 0 Å². The van der Waals surface area contributed by atoms with Crippen LogP contribution in [0.5, 0.6) is 0 Å². The van der Waals surface area contributed by atoms with Gasteiger partial charge in [0.25, 0.3) is 0 Å². The van der Waals surface area contributed by atoms with Crippen LogP contribution < -0.4 is 0 Å². The monoisotopic (exact) mass is 199 g/mol. The van der Waals surface area contributed by atoms with Gasteiger partial charge in [0.15, 0.2) is 0 Å². The normalized spacial score (nSPS) is 34.8. The summed E-state index contributed by atoms with van der Waals surface area (Å²) in [5.41, 5.74) is 3.35. The van der Waals surface area contributed by atoms with E-state index in [1.54, 1.807) is 0 Å². The quantitative estimate of drug-likeness (QED) is 0.472. The molecule has 0 spiro atoms. The molecule has 1 saturated carbocycles. The molecule has 15 heavy (non-hydrogen) atoms. The van der Waals surface area contributed by atoms with Gasteiger partial charge in [0.1, 0.15) is 0 Å². The molecular formula is C13H13NO. The molecule has 1 fully saturated rings. The molecule has 3 aliphatic carbocycles. The fraction of sp³-hybridized carbons (Fsp3) is 0.308. The number of oxime groups is 1. The molecule has 0 aromatic rings. The summed E-state index contributed by atoms with van der Waals surface area (Å²) < 4.78 is 0. The van der Waals surface area contributed by atoms with E-state index in [1.165, 1.54) is 5.57 Å². The van der Waals surface area contributed by atoms with E-state index in [1.807, 2.05) is 6.08 Å². The van der Waals surface area contributed by atoms with Gasteiger partial charge < -0.3 is 5.21 Å². The summed E-state index contributed by atoms with van der Waals surface area (Å²) in [6.45, 7) is 0. The summed E-state index contributed by atoms with van der Waals surface area (Å²) in [5, 5.41) is 12.6. The van der Waals surface area contributed by atoms with Crippen molar-refractivity contribution in [2.24, 2.45) is 17.0 Å². The van der Waals surface area contributed by atoms with Crippen LogP contribution in [-0.4, -0.2) is 10.9 Å². The van der Waals surface area contributed by atoms with Crippen LogP contribution in [0, 0.1) is 11.8 Å². The first kappa shape index (κ1) is 8.72. The Balaban J connectivity index is 2.14. The first-order valence-corrected chi connectivity index (χ1v) is 5.39. The molecule has 3 aliphatic rings. The summed E-state index contributed by atoms with van der Waals surface area (Å²) >= 11 is 0. The largest absolute Gasteiger partial charge is 0.411 e. The molecule has 2 heteroatoms. The van der Waals surface area contributed by atoms with Crippen molar-refractivity contribution in [1.29, 1.82) is 0 Å². The van der Waals surface area contributed by atoms with Crippen molar-refractivity contribution < 1.29 is 5.21 Å². The Bertz CT molecular complexity index is 415. The summed E-state index contributed by atoms with van der Waals surface area (Å²) in [6, 6.07) is 0. The van der Waals surface area contributed by atoms with Crippen molar-refractivity contribution in [2.75, 3.05) is 0 Å². The predicted octanol–water partition coefficient (Wildman–Crippen LogP) is 2.84. The maximum absolute atomic E-state index is 9.11. The van der Waals surface area contributed by atoms with Crippen molar-refractivity contribution in [3.8, 4) is 0 Å². The molecule has 0 aromatic carbocycles. The van der Waals surface area contributed by atoms with E-state index >= 15 is 0 Å². The summed E-state index contributed by atoms with van der Waals surface area (Å²) in [6.07, 6.45) is 15.1. The van der Waals surface area contributed by atoms with Gasteiger partial charge in [-0.1, -0.05) is 41.6 Å². The van der Waals surface area contributed by atoms with Gasteiger partial charge in [-0.25, -0.2) is 0 Å². The van der Waals surface area contributed by atoms with Gasteiger partial charge in [0, 0.05) is 11.8 Å². The van der Waals surface area contributed by atoms with Crippen molar-refractivity contribution in [3.05, 3.63) is 47.6 Å². The topological polar surface area (TPSA) is 32.6 Å². The average Bonchev–Trinajstić information content (AvgIpc) is 2.63. The zero-order chi connectivity index (χ0) is 10.3. The SMILES string of the molecule is O/N=C1/C2=CCCC=C2C2C=CC=CC12.